The number of rotatable bonds is 5. The average molecular weight is 295 g/mol. The number of fused-ring (bicyclic) bond motifs is 1. The van der Waals surface area contributed by atoms with Gasteiger partial charge in [0.05, 0.1) is 12.2 Å². The van der Waals surface area contributed by atoms with Gasteiger partial charge in [-0.05, 0) is 30.7 Å². The number of pyridine rings is 1. The van der Waals surface area contributed by atoms with Crippen molar-refractivity contribution in [3.63, 3.8) is 0 Å². The van der Waals surface area contributed by atoms with Crippen molar-refractivity contribution in [2.75, 3.05) is 6.61 Å². The van der Waals surface area contributed by atoms with Gasteiger partial charge in [0.2, 0.25) is 0 Å². The number of benzene rings is 1. The number of carbonyl (C=O) groups is 1. The van der Waals surface area contributed by atoms with Crippen molar-refractivity contribution in [1.29, 1.82) is 0 Å². The molecule has 0 aliphatic heterocycles. The Labute approximate surface area is 128 Å². The van der Waals surface area contributed by atoms with Gasteiger partial charge >= 0.3 is 0 Å². The minimum atomic E-state index is -0.169. The zero-order valence-electron chi connectivity index (χ0n) is 12.3. The molecule has 0 fully saturated rings. The fourth-order valence-electron chi connectivity index (χ4n) is 2.15. The van der Waals surface area contributed by atoms with E-state index >= 15 is 0 Å². The number of carbonyl (C=O) groups excluding carboxylic acids is 1. The van der Waals surface area contributed by atoms with Crippen LogP contribution in [0, 0.1) is 6.92 Å². The van der Waals surface area contributed by atoms with Gasteiger partial charge in [-0.25, -0.2) is 4.98 Å². The molecule has 0 atom stereocenters. The van der Waals surface area contributed by atoms with Gasteiger partial charge in [0.15, 0.2) is 6.61 Å². The summed E-state index contributed by atoms with van der Waals surface area (Å²) in [4.78, 5) is 16.2. The number of nitrogens with zero attached hydrogens (tertiary/aromatic N) is 2. The number of ether oxygens (including phenoxy) is 1. The van der Waals surface area contributed by atoms with E-state index < -0.39 is 0 Å². The normalized spacial score (nSPS) is 10.6. The van der Waals surface area contributed by atoms with Crippen molar-refractivity contribution < 1.29 is 9.53 Å². The number of nitrogens with one attached hydrogen (secondary N) is 1. The number of hydrogen-bond acceptors (Lipinski definition) is 3. The highest BCUT2D eigenvalue weighted by Gasteiger charge is 2.05. The molecule has 2 heterocycles. The van der Waals surface area contributed by atoms with E-state index in [2.05, 4.69) is 10.3 Å². The van der Waals surface area contributed by atoms with Crippen LogP contribution in [0.3, 0.4) is 0 Å². The lowest BCUT2D eigenvalue weighted by molar-refractivity contribution is -0.123. The number of amides is 1. The predicted molar refractivity (Wildman–Crippen MR) is 83.7 cm³/mol. The van der Waals surface area contributed by atoms with E-state index in [0.717, 1.165) is 16.9 Å². The molecule has 1 aromatic carbocycles. The maximum atomic E-state index is 11.8. The average Bonchev–Trinajstić information content (AvgIpc) is 2.94. The van der Waals surface area contributed by atoms with E-state index in [0.29, 0.717) is 12.3 Å². The van der Waals surface area contributed by atoms with Crippen molar-refractivity contribution >= 4 is 11.6 Å². The predicted octanol–water partition coefficient (Wildman–Crippen LogP) is 2.34. The lowest BCUT2D eigenvalue weighted by atomic mass is 10.3. The molecule has 0 spiro atoms. The van der Waals surface area contributed by atoms with E-state index in [1.807, 2.05) is 66.2 Å². The van der Waals surface area contributed by atoms with Crippen molar-refractivity contribution in [1.82, 2.24) is 14.7 Å². The molecule has 0 saturated heterocycles. The Morgan fingerprint density at radius 3 is 2.82 bits per heavy atom. The van der Waals surface area contributed by atoms with Gasteiger partial charge in [-0.2, -0.15) is 0 Å². The van der Waals surface area contributed by atoms with Crippen LogP contribution in [0.2, 0.25) is 0 Å². The molecule has 3 rings (SSSR count). The summed E-state index contributed by atoms with van der Waals surface area (Å²) in [5.74, 6) is 0.512. The van der Waals surface area contributed by atoms with Crippen molar-refractivity contribution in [2.24, 2.45) is 0 Å². The van der Waals surface area contributed by atoms with E-state index in [1.165, 1.54) is 0 Å². The summed E-state index contributed by atoms with van der Waals surface area (Å²) in [5.41, 5.74) is 2.85. The number of para-hydroxylation sites is 1. The summed E-state index contributed by atoms with van der Waals surface area (Å²) in [7, 11) is 0. The molecule has 2 aromatic heterocycles. The molecule has 1 N–H and O–H groups in total. The van der Waals surface area contributed by atoms with Gasteiger partial charge in [0.25, 0.3) is 5.91 Å². The van der Waals surface area contributed by atoms with Crippen LogP contribution in [0.5, 0.6) is 5.75 Å². The Bertz CT molecular complexity index is 781. The third-order valence-corrected chi connectivity index (χ3v) is 3.23. The Hall–Kier alpha value is -2.82. The first-order chi connectivity index (χ1) is 10.7. The molecule has 0 aliphatic rings. The molecule has 5 heteroatoms. The van der Waals surface area contributed by atoms with Crippen LogP contribution in [0.1, 0.15) is 11.3 Å². The Balaban J connectivity index is 1.53. The SMILES string of the molecule is Cc1ccc2nc(CNC(=O)COc3ccccc3)cn2c1. The van der Waals surface area contributed by atoms with Gasteiger partial charge < -0.3 is 14.5 Å². The molecule has 0 aliphatic carbocycles. The fourth-order valence-corrected chi connectivity index (χ4v) is 2.15. The number of aromatic nitrogens is 2. The second kappa shape index (κ2) is 6.30. The third kappa shape index (κ3) is 3.44. The highest BCUT2D eigenvalue weighted by Crippen LogP contribution is 2.08. The zero-order valence-corrected chi connectivity index (χ0v) is 12.3. The van der Waals surface area contributed by atoms with Gasteiger partial charge in [-0.15, -0.1) is 0 Å². The molecule has 22 heavy (non-hydrogen) atoms. The lowest BCUT2D eigenvalue weighted by Gasteiger charge is -2.06. The third-order valence-electron chi connectivity index (χ3n) is 3.23. The van der Waals surface area contributed by atoms with Crippen LogP contribution < -0.4 is 10.1 Å². The van der Waals surface area contributed by atoms with E-state index in [4.69, 9.17) is 4.74 Å². The van der Waals surface area contributed by atoms with Crippen LogP contribution >= 0.6 is 0 Å². The molecule has 0 bridgehead atoms. The molecule has 0 unspecified atom stereocenters. The van der Waals surface area contributed by atoms with E-state index in [-0.39, 0.29) is 12.5 Å². The smallest absolute Gasteiger partial charge is 0.258 e. The summed E-state index contributed by atoms with van der Waals surface area (Å²) in [6.45, 7) is 2.41. The van der Waals surface area contributed by atoms with E-state index in [9.17, 15) is 4.79 Å². The van der Waals surface area contributed by atoms with Crippen LogP contribution in [0.25, 0.3) is 5.65 Å². The first kappa shape index (κ1) is 14.1. The monoisotopic (exact) mass is 295 g/mol. The fraction of sp³-hybridized carbons (Fsp3) is 0.176. The highest BCUT2D eigenvalue weighted by atomic mass is 16.5. The Kier molecular flexibility index (Phi) is 4.05. The standard InChI is InChI=1S/C17H17N3O2/c1-13-7-8-16-19-14(11-20(16)10-13)9-18-17(21)12-22-15-5-3-2-4-6-15/h2-8,10-11H,9,12H2,1H3,(H,18,21). The Morgan fingerprint density at radius 1 is 1.18 bits per heavy atom. The number of aryl methyl sites for hydroxylation is 1. The quantitative estimate of drug-likeness (QED) is 0.786. The topological polar surface area (TPSA) is 55.6 Å². The minimum absolute atomic E-state index is 0.00348. The van der Waals surface area contributed by atoms with Gasteiger partial charge in [-0.1, -0.05) is 24.3 Å². The highest BCUT2D eigenvalue weighted by molar-refractivity contribution is 5.77. The molecular formula is C17H17N3O2. The van der Waals surface area contributed by atoms with Gasteiger partial charge in [0, 0.05) is 12.4 Å². The maximum Gasteiger partial charge on any atom is 0.258 e. The molecule has 0 radical (unpaired) electrons. The summed E-state index contributed by atoms with van der Waals surface area (Å²) in [5, 5.41) is 2.81. The van der Waals surface area contributed by atoms with Crippen LogP contribution in [0.15, 0.2) is 54.9 Å². The molecule has 1 amide bonds. The molecule has 3 aromatic rings. The largest absolute Gasteiger partial charge is 0.484 e. The second-order valence-electron chi connectivity index (χ2n) is 5.08. The maximum absolute atomic E-state index is 11.8. The molecular weight excluding hydrogens is 278 g/mol. The molecule has 112 valence electrons. The first-order valence-corrected chi connectivity index (χ1v) is 7.09. The molecule has 5 nitrogen and oxygen atoms in total. The van der Waals surface area contributed by atoms with Crippen LogP contribution in [-0.4, -0.2) is 21.9 Å². The van der Waals surface area contributed by atoms with Crippen molar-refractivity contribution in [2.45, 2.75) is 13.5 Å². The zero-order chi connectivity index (χ0) is 15.4. The Morgan fingerprint density at radius 2 is 2.00 bits per heavy atom. The van der Waals surface area contributed by atoms with Gasteiger partial charge in [-0.3, -0.25) is 4.79 Å². The number of imidazole rings is 1. The molecule has 0 saturated carbocycles. The van der Waals surface area contributed by atoms with Crippen molar-refractivity contribution in [3.05, 3.63) is 66.1 Å². The number of hydrogen-bond donors (Lipinski definition) is 1. The van der Waals surface area contributed by atoms with Crippen LogP contribution in [-0.2, 0) is 11.3 Å². The first-order valence-electron chi connectivity index (χ1n) is 7.09. The summed E-state index contributed by atoms with van der Waals surface area (Å²) in [6.07, 6.45) is 3.92. The van der Waals surface area contributed by atoms with Crippen LogP contribution in [0.4, 0.5) is 0 Å². The summed E-state index contributed by atoms with van der Waals surface area (Å²) >= 11 is 0. The summed E-state index contributed by atoms with van der Waals surface area (Å²) < 4.78 is 7.35. The van der Waals surface area contributed by atoms with E-state index in [1.54, 1.807) is 0 Å². The minimum Gasteiger partial charge on any atom is -0.484 e. The van der Waals surface area contributed by atoms with Gasteiger partial charge in [0.1, 0.15) is 11.4 Å². The summed E-state index contributed by atoms with van der Waals surface area (Å²) in [6, 6.07) is 13.2. The second-order valence-corrected chi connectivity index (χ2v) is 5.08. The lowest BCUT2D eigenvalue weighted by Crippen LogP contribution is -2.28. The van der Waals surface area contributed by atoms with Crippen molar-refractivity contribution in [3.8, 4) is 5.75 Å².